The number of carbonyl (C=O) groups is 1. The van der Waals surface area contributed by atoms with Crippen molar-refractivity contribution in [1.82, 2.24) is 0 Å². The molecule has 0 spiro atoms. The molecule has 0 amide bonds. The summed E-state index contributed by atoms with van der Waals surface area (Å²) in [6, 6.07) is 10.0. The molecule has 0 bridgehead atoms. The van der Waals surface area contributed by atoms with Gasteiger partial charge in [-0.1, -0.05) is 30.3 Å². The Morgan fingerprint density at radius 2 is 2.07 bits per heavy atom. The van der Waals surface area contributed by atoms with Crippen LogP contribution in [0, 0.1) is 0 Å². The molecule has 1 rings (SSSR count). The highest BCUT2D eigenvalue weighted by Crippen LogP contribution is 2.09. The number of esters is 1. The minimum atomic E-state index is -0.319. The molecule has 0 aliphatic carbocycles. The normalized spacial score (nSPS) is 12.1. The number of carbonyl (C=O) groups excluding carboxylic acids is 1. The fourth-order valence-corrected chi connectivity index (χ4v) is 1.44. The van der Waals surface area contributed by atoms with Crippen LogP contribution in [0.15, 0.2) is 30.3 Å². The number of hydrogen-bond donors (Lipinski definition) is 1. The largest absolute Gasteiger partial charge is 0.468 e. The second-order valence-corrected chi connectivity index (χ2v) is 3.69. The van der Waals surface area contributed by atoms with E-state index in [1.165, 1.54) is 12.7 Å². The zero-order valence-corrected chi connectivity index (χ0v) is 9.04. The van der Waals surface area contributed by atoms with Crippen molar-refractivity contribution in [3.8, 4) is 0 Å². The first-order valence-electron chi connectivity index (χ1n) is 4.54. The third-order valence-electron chi connectivity index (χ3n) is 2.02. The highest BCUT2D eigenvalue weighted by atomic mass is 32.1. The van der Waals surface area contributed by atoms with Gasteiger partial charge in [-0.25, -0.2) is 0 Å². The van der Waals surface area contributed by atoms with Gasteiger partial charge in [-0.2, -0.15) is 12.6 Å². The van der Waals surface area contributed by atoms with E-state index in [9.17, 15) is 4.79 Å². The van der Waals surface area contributed by atoms with Crippen LogP contribution in [0.4, 0.5) is 0 Å². The van der Waals surface area contributed by atoms with Crippen LogP contribution in [0.5, 0.6) is 0 Å². The zero-order valence-electron chi connectivity index (χ0n) is 8.14. The van der Waals surface area contributed by atoms with Gasteiger partial charge in [-0.15, -0.1) is 0 Å². The van der Waals surface area contributed by atoms with Gasteiger partial charge in [0.25, 0.3) is 0 Å². The third-order valence-corrected chi connectivity index (χ3v) is 2.49. The van der Waals surface area contributed by atoms with Crippen LogP contribution in [0.2, 0.25) is 0 Å². The maximum atomic E-state index is 11.0. The molecule has 0 fully saturated rings. The van der Waals surface area contributed by atoms with Gasteiger partial charge >= 0.3 is 5.97 Å². The average Bonchev–Trinajstić information content (AvgIpc) is 2.26. The summed E-state index contributed by atoms with van der Waals surface area (Å²) in [5.74, 6) is -0.260. The van der Waals surface area contributed by atoms with Gasteiger partial charge in [0.2, 0.25) is 0 Å². The number of benzene rings is 1. The van der Waals surface area contributed by atoms with Gasteiger partial charge in [-0.05, 0) is 18.4 Å². The smallest absolute Gasteiger partial charge is 0.318 e. The highest BCUT2D eigenvalue weighted by Gasteiger charge is 2.13. The van der Waals surface area contributed by atoms with Crippen LogP contribution in [0.1, 0.15) is 12.0 Å². The van der Waals surface area contributed by atoms with E-state index in [-0.39, 0.29) is 11.2 Å². The first kappa shape index (κ1) is 11.1. The fourth-order valence-electron chi connectivity index (χ4n) is 1.20. The van der Waals surface area contributed by atoms with Crippen molar-refractivity contribution in [3.63, 3.8) is 0 Å². The van der Waals surface area contributed by atoms with E-state index in [0.717, 1.165) is 6.42 Å². The number of rotatable bonds is 4. The Labute approximate surface area is 89.7 Å². The van der Waals surface area contributed by atoms with Crippen LogP contribution in [0.3, 0.4) is 0 Å². The lowest BCUT2D eigenvalue weighted by Crippen LogP contribution is -2.16. The first-order valence-corrected chi connectivity index (χ1v) is 5.05. The summed E-state index contributed by atoms with van der Waals surface area (Å²) in [7, 11) is 1.38. The summed E-state index contributed by atoms with van der Waals surface area (Å²) in [6.07, 6.45) is 1.56. The quantitative estimate of drug-likeness (QED) is 0.608. The molecule has 76 valence electrons. The highest BCUT2D eigenvalue weighted by molar-refractivity contribution is 7.81. The van der Waals surface area contributed by atoms with Crippen molar-refractivity contribution in [3.05, 3.63) is 35.9 Å². The van der Waals surface area contributed by atoms with Crippen molar-refractivity contribution in [1.29, 1.82) is 0 Å². The van der Waals surface area contributed by atoms with Gasteiger partial charge in [0.1, 0.15) is 0 Å². The standard InChI is InChI=1S/C11H14O2S/c1-13-11(12)10(14)8-7-9-5-3-2-4-6-9/h2-6,10,14H,7-8H2,1H3. The molecule has 0 N–H and O–H groups in total. The number of ether oxygens (including phenoxy) is 1. The SMILES string of the molecule is COC(=O)C(S)CCc1ccccc1. The molecule has 3 heteroatoms. The molecule has 1 atom stereocenters. The summed E-state index contributed by atoms with van der Waals surface area (Å²) in [5, 5.41) is -0.319. The molecule has 2 nitrogen and oxygen atoms in total. The first-order chi connectivity index (χ1) is 6.74. The summed E-state index contributed by atoms with van der Waals surface area (Å²) >= 11 is 4.16. The van der Waals surface area contributed by atoms with Crippen LogP contribution in [0.25, 0.3) is 0 Å². The second kappa shape index (κ2) is 5.70. The van der Waals surface area contributed by atoms with Gasteiger partial charge in [0, 0.05) is 0 Å². The topological polar surface area (TPSA) is 26.3 Å². The minimum Gasteiger partial charge on any atom is -0.468 e. The molecule has 0 aromatic heterocycles. The van der Waals surface area contributed by atoms with Crippen molar-refractivity contribution < 1.29 is 9.53 Å². The monoisotopic (exact) mass is 210 g/mol. The van der Waals surface area contributed by atoms with Gasteiger partial charge in [0.05, 0.1) is 12.4 Å². The van der Waals surface area contributed by atoms with Crippen LogP contribution in [-0.4, -0.2) is 18.3 Å². The molecular weight excluding hydrogens is 196 g/mol. The maximum absolute atomic E-state index is 11.0. The van der Waals surface area contributed by atoms with Gasteiger partial charge < -0.3 is 4.74 Å². The van der Waals surface area contributed by atoms with E-state index in [2.05, 4.69) is 17.4 Å². The molecule has 0 saturated carbocycles. The Bertz CT molecular complexity index is 285. The Morgan fingerprint density at radius 1 is 1.43 bits per heavy atom. The van der Waals surface area contributed by atoms with E-state index in [4.69, 9.17) is 0 Å². The molecule has 0 radical (unpaired) electrons. The van der Waals surface area contributed by atoms with Crippen molar-refractivity contribution >= 4 is 18.6 Å². The van der Waals surface area contributed by atoms with E-state index in [0.29, 0.717) is 6.42 Å². The second-order valence-electron chi connectivity index (χ2n) is 3.06. The predicted octanol–water partition coefficient (Wildman–Crippen LogP) is 2.09. The number of hydrogen-bond acceptors (Lipinski definition) is 3. The Hall–Kier alpha value is -0.960. The van der Waals surface area contributed by atoms with Crippen molar-refractivity contribution in [2.24, 2.45) is 0 Å². The predicted molar refractivity (Wildman–Crippen MR) is 59.6 cm³/mol. The van der Waals surface area contributed by atoms with E-state index >= 15 is 0 Å². The molecule has 0 aliphatic heterocycles. The van der Waals surface area contributed by atoms with E-state index < -0.39 is 0 Å². The number of aryl methyl sites for hydroxylation is 1. The van der Waals surface area contributed by atoms with Gasteiger partial charge in [0.15, 0.2) is 0 Å². The molecular formula is C11H14O2S. The summed E-state index contributed by atoms with van der Waals surface area (Å²) in [6.45, 7) is 0. The number of methoxy groups -OCH3 is 1. The molecule has 14 heavy (non-hydrogen) atoms. The maximum Gasteiger partial charge on any atom is 0.318 e. The molecule has 1 unspecified atom stereocenters. The fraction of sp³-hybridized carbons (Fsp3) is 0.364. The Kier molecular flexibility index (Phi) is 4.53. The van der Waals surface area contributed by atoms with Crippen LogP contribution in [-0.2, 0) is 16.0 Å². The average molecular weight is 210 g/mol. The van der Waals surface area contributed by atoms with E-state index in [1.807, 2.05) is 30.3 Å². The van der Waals surface area contributed by atoms with E-state index in [1.54, 1.807) is 0 Å². The third kappa shape index (κ3) is 3.42. The lowest BCUT2D eigenvalue weighted by atomic mass is 10.1. The van der Waals surface area contributed by atoms with Crippen LogP contribution >= 0.6 is 12.6 Å². The zero-order chi connectivity index (χ0) is 10.4. The van der Waals surface area contributed by atoms with Gasteiger partial charge in [-0.3, -0.25) is 4.79 Å². The summed E-state index contributed by atoms with van der Waals surface area (Å²) in [5.41, 5.74) is 1.22. The molecule has 0 saturated heterocycles. The Morgan fingerprint density at radius 3 is 2.64 bits per heavy atom. The minimum absolute atomic E-state index is 0.260. The molecule has 0 aliphatic rings. The summed E-state index contributed by atoms with van der Waals surface area (Å²) in [4.78, 5) is 11.0. The lowest BCUT2D eigenvalue weighted by Gasteiger charge is -2.07. The lowest BCUT2D eigenvalue weighted by molar-refractivity contribution is -0.140. The molecule has 0 heterocycles. The molecule has 1 aromatic carbocycles. The summed E-state index contributed by atoms with van der Waals surface area (Å²) < 4.78 is 4.59. The molecule has 1 aromatic rings. The van der Waals surface area contributed by atoms with Crippen molar-refractivity contribution in [2.75, 3.05) is 7.11 Å². The Balaban J connectivity index is 2.38. The van der Waals surface area contributed by atoms with Crippen LogP contribution < -0.4 is 0 Å². The number of thiol groups is 1. The van der Waals surface area contributed by atoms with Crippen molar-refractivity contribution in [2.45, 2.75) is 18.1 Å².